The normalized spacial score (nSPS) is 17.5. The standard InChI is InChI=1S/C17H16Cl2N6O2/c18-13-2-1-12(5-14(13)19)25-9-11(22-23-25)8-24-4-3-10(7-24)15-6-16(26)21-17(27)20-15/h1-2,5-6,9-10H,3-4,7-8H2,(H2,20,21,26,27). The van der Waals surface area contributed by atoms with Crippen LogP contribution in [-0.2, 0) is 6.54 Å². The highest BCUT2D eigenvalue weighted by Crippen LogP contribution is 2.26. The summed E-state index contributed by atoms with van der Waals surface area (Å²) in [6.45, 7) is 2.21. The Morgan fingerprint density at radius 3 is 2.78 bits per heavy atom. The zero-order chi connectivity index (χ0) is 19.0. The SMILES string of the molecule is O=c1cc(C2CCN(Cc3cn(-c4ccc(Cl)c(Cl)c4)nn3)C2)[nH]c(=O)[nH]1. The molecule has 27 heavy (non-hydrogen) atoms. The van der Waals surface area contributed by atoms with Gasteiger partial charge >= 0.3 is 5.69 Å². The van der Waals surface area contributed by atoms with Crippen molar-refractivity contribution in [1.82, 2.24) is 29.9 Å². The molecule has 1 aliphatic rings. The van der Waals surface area contributed by atoms with E-state index in [2.05, 4.69) is 25.2 Å². The first-order valence-corrected chi connectivity index (χ1v) is 9.16. The number of aromatic amines is 2. The fourth-order valence-corrected chi connectivity index (χ4v) is 3.58. The van der Waals surface area contributed by atoms with Crippen LogP contribution in [0.25, 0.3) is 5.69 Å². The van der Waals surface area contributed by atoms with Gasteiger partial charge in [0, 0.05) is 30.8 Å². The van der Waals surface area contributed by atoms with Gasteiger partial charge in [0.15, 0.2) is 0 Å². The lowest BCUT2D eigenvalue weighted by molar-refractivity contribution is 0.322. The highest BCUT2D eigenvalue weighted by atomic mass is 35.5. The molecule has 1 aliphatic heterocycles. The van der Waals surface area contributed by atoms with Crippen LogP contribution in [-0.4, -0.2) is 43.0 Å². The Labute approximate surface area is 163 Å². The number of likely N-dealkylation sites (tertiary alicyclic amines) is 1. The van der Waals surface area contributed by atoms with E-state index in [4.69, 9.17) is 23.2 Å². The first kappa shape index (κ1) is 18.0. The van der Waals surface area contributed by atoms with E-state index in [-0.39, 0.29) is 11.5 Å². The van der Waals surface area contributed by atoms with Gasteiger partial charge in [-0.25, -0.2) is 9.48 Å². The molecule has 1 fully saturated rings. The molecule has 140 valence electrons. The minimum absolute atomic E-state index is 0.116. The number of aromatic nitrogens is 5. The first-order valence-electron chi connectivity index (χ1n) is 8.40. The first-order chi connectivity index (χ1) is 13.0. The summed E-state index contributed by atoms with van der Waals surface area (Å²) in [7, 11) is 0. The van der Waals surface area contributed by atoms with Crippen LogP contribution in [0.2, 0.25) is 10.0 Å². The van der Waals surface area contributed by atoms with E-state index in [1.807, 2.05) is 12.3 Å². The molecule has 3 aromatic rings. The second-order valence-corrected chi connectivity index (χ2v) is 7.33. The molecule has 0 aliphatic carbocycles. The summed E-state index contributed by atoms with van der Waals surface area (Å²) in [6.07, 6.45) is 2.71. The predicted molar refractivity (Wildman–Crippen MR) is 102 cm³/mol. The number of hydrogen-bond acceptors (Lipinski definition) is 5. The lowest BCUT2D eigenvalue weighted by Crippen LogP contribution is -2.25. The molecule has 0 bridgehead atoms. The lowest BCUT2D eigenvalue weighted by atomic mass is 10.1. The van der Waals surface area contributed by atoms with Gasteiger partial charge in [-0.1, -0.05) is 28.4 Å². The Kier molecular flexibility index (Phi) is 4.86. The van der Waals surface area contributed by atoms with Crippen molar-refractivity contribution in [3.63, 3.8) is 0 Å². The number of rotatable bonds is 4. The smallest absolute Gasteiger partial charge is 0.311 e. The Morgan fingerprint density at radius 2 is 2.00 bits per heavy atom. The van der Waals surface area contributed by atoms with Crippen LogP contribution >= 0.6 is 23.2 Å². The molecule has 3 heterocycles. The number of nitrogens with one attached hydrogen (secondary N) is 2. The number of H-pyrrole nitrogens is 2. The minimum atomic E-state index is -0.472. The Hall–Kier alpha value is -2.42. The van der Waals surface area contributed by atoms with Crippen molar-refractivity contribution in [1.29, 1.82) is 0 Å². The number of hydrogen-bond donors (Lipinski definition) is 2. The van der Waals surface area contributed by atoms with Crippen LogP contribution in [0.3, 0.4) is 0 Å². The Balaban J connectivity index is 1.44. The van der Waals surface area contributed by atoms with E-state index < -0.39 is 5.69 Å². The maximum atomic E-state index is 11.5. The molecule has 1 saturated heterocycles. The van der Waals surface area contributed by atoms with E-state index in [1.54, 1.807) is 16.8 Å². The van der Waals surface area contributed by atoms with E-state index in [9.17, 15) is 9.59 Å². The summed E-state index contributed by atoms with van der Waals surface area (Å²) in [5.74, 6) is 0.116. The molecule has 10 heteroatoms. The van der Waals surface area contributed by atoms with Crippen LogP contribution in [0.1, 0.15) is 23.7 Å². The fraction of sp³-hybridized carbons (Fsp3) is 0.294. The summed E-state index contributed by atoms with van der Waals surface area (Å²) in [6, 6.07) is 6.73. The molecular formula is C17H16Cl2N6O2. The molecule has 1 atom stereocenters. The van der Waals surface area contributed by atoms with Crippen molar-refractivity contribution >= 4 is 23.2 Å². The van der Waals surface area contributed by atoms with E-state index >= 15 is 0 Å². The summed E-state index contributed by atoms with van der Waals surface area (Å²) < 4.78 is 1.65. The van der Waals surface area contributed by atoms with Crippen molar-refractivity contribution in [2.75, 3.05) is 13.1 Å². The van der Waals surface area contributed by atoms with Crippen molar-refractivity contribution in [3.8, 4) is 5.69 Å². The monoisotopic (exact) mass is 406 g/mol. The molecule has 0 amide bonds. The van der Waals surface area contributed by atoms with E-state index in [0.29, 0.717) is 22.3 Å². The number of nitrogens with zero attached hydrogens (tertiary/aromatic N) is 4. The minimum Gasteiger partial charge on any atom is -0.311 e. The largest absolute Gasteiger partial charge is 0.325 e. The summed E-state index contributed by atoms with van der Waals surface area (Å²) in [5, 5.41) is 9.31. The number of benzene rings is 1. The molecule has 1 aromatic carbocycles. The fourth-order valence-electron chi connectivity index (χ4n) is 3.29. The molecule has 2 aromatic heterocycles. The molecule has 0 radical (unpaired) electrons. The third-order valence-electron chi connectivity index (χ3n) is 4.59. The Morgan fingerprint density at radius 1 is 1.15 bits per heavy atom. The van der Waals surface area contributed by atoms with Crippen LogP contribution in [0.15, 0.2) is 40.1 Å². The third-order valence-corrected chi connectivity index (χ3v) is 5.33. The average Bonchev–Trinajstić information content (AvgIpc) is 3.27. The predicted octanol–water partition coefficient (Wildman–Crippen LogP) is 1.94. The highest BCUT2D eigenvalue weighted by Gasteiger charge is 2.25. The topological polar surface area (TPSA) is 99.7 Å². The average molecular weight is 407 g/mol. The van der Waals surface area contributed by atoms with Gasteiger partial charge in [-0.05, 0) is 31.2 Å². The van der Waals surface area contributed by atoms with E-state index in [1.165, 1.54) is 6.07 Å². The van der Waals surface area contributed by atoms with Gasteiger partial charge in [0.1, 0.15) is 0 Å². The van der Waals surface area contributed by atoms with Crippen LogP contribution in [0.4, 0.5) is 0 Å². The zero-order valence-electron chi connectivity index (χ0n) is 14.2. The summed E-state index contributed by atoms with van der Waals surface area (Å²) in [4.78, 5) is 30.1. The molecule has 4 rings (SSSR count). The van der Waals surface area contributed by atoms with Crippen molar-refractivity contribution in [3.05, 3.63) is 72.7 Å². The maximum Gasteiger partial charge on any atom is 0.325 e. The van der Waals surface area contributed by atoms with Gasteiger partial charge < -0.3 is 4.98 Å². The second kappa shape index (κ2) is 7.30. The van der Waals surface area contributed by atoms with Gasteiger partial charge in [-0.15, -0.1) is 5.10 Å². The van der Waals surface area contributed by atoms with E-state index in [0.717, 1.165) is 30.9 Å². The van der Waals surface area contributed by atoms with Crippen LogP contribution in [0, 0.1) is 0 Å². The molecule has 1 unspecified atom stereocenters. The maximum absolute atomic E-state index is 11.5. The van der Waals surface area contributed by atoms with Crippen molar-refractivity contribution in [2.45, 2.75) is 18.9 Å². The molecule has 8 nitrogen and oxygen atoms in total. The summed E-state index contributed by atoms with van der Waals surface area (Å²) in [5.41, 5.74) is 1.42. The quantitative estimate of drug-likeness (QED) is 0.689. The Bertz CT molecular complexity index is 1060. The lowest BCUT2D eigenvalue weighted by Gasteiger charge is -2.14. The molecular weight excluding hydrogens is 391 g/mol. The van der Waals surface area contributed by atoms with Gasteiger partial charge in [0.2, 0.25) is 0 Å². The molecule has 0 saturated carbocycles. The van der Waals surface area contributed by atoms with Crippen molar-refractivity contribution in [2.24, 2.45) is 0 Å². The molecule has 0 spiro atoms. The number of halogens is 2. The van der Waals surface area contributed by atoms with Crippen molar-refractivity contribution < 1.29 is 0 Å². The van der Waals surface area contributed by atoms with Crippen LogP contribution in [0.5, 0.6) is 0 Å². The van der Waals surface area contributed by atoms with Gasteiger partial charge in [-0.2, -0.15) is 0 Å². The molecule has 2 N–H and O–H groups in total. The van der Waals surface area contributed by atoms with Gasteiger partial charge in [-0.3, -0.25) is 14.7 Å². The highest BCUT2D eigenvalue weighted by molar-refractivity contribution is 6.42. The zero-order valence-corrected chi connectivity index (χ0v) is 15.7. The van der Waals surface area contributed by atoms with Gasteiger partial charge in [0.25, 0.3) is 5.56 Å². The van der Waals surface area contributed by atoms with Gasteiger partial charge in [0.05, 0.1) is 27.6 Å². The van der Waals surface area contributed by atoms with Crippen LogP contribution < -0.4 is 11.2 Å². The summed E-state index contributed by atoms with van der Waals surface area (Å²) >= 11 is 12.0. The second-order valence-electron chi connectivity index (χ2n) is 6.52. The third kappa shape index (κ3) is 3.97.